The highest BCUT2D eigenvalue weighted by atomic mass is 79.9. The molecule has 3 rings (SSSR count). The van der Waals surface area contributed by atoms with E-state index in [-0.39, 0.29) is 10.0 Å². The summed E-state index contributed by atoms with van der Waals surface area (Å²) in [5.74, 6) is 0. The van der Waals surface area contributed by atoms with Crippen LogP contribution in [-0.4, -0.2) is 26.5 Å². The molecule has 0 amide bonds. The SMILES string of the molecule is O=S(=O)(Nc1ccc(N2CCCCC2)cc1)c1cnc(Cl)c(Br)c1. The van der Waals surface area contributed by atoms with Crippen molar-refractivity contribution in [3.8, 4) is 0 Å². The van der Waals surface area contributed by atoms with Gasteiger partial charge >= 0.3 is 0 Å². The molecule has 0 unspecified atom stereocenters. The molecule has 0 bridgehead atoms. The molecule has 1 fully saturated rings. The van der Waals surface area contributed by atoms with Crippen molar-refractivity contribution >= 4 is 48.9 Å². The van der Waals surface area contributed by atoms with E-state index in [1.54, 1.807) is 12.1 Å². The van der Waals surface area contributed by atoms with E-state index in [2.05, 4.69) is 30.5 Å². The van der Waals surface area contributed by atoms with Gasteiger partial charge in [-0.05, 0) is 65.5 Å². The summed E-state index contributed by atoms with van der Waals surface area (Å²) >= 11 is 8.99. The Morgan fingerprint density at radius 3 is 2.42 bits per heavy atom. The van der Waals surface area contributed by atoms with E-state index < -0.39 is 10.0 Å². The first-order valence-electron chi connectivity index (χ1n) is 7.64. The average Bonchev–Trinajstić information content (AvgIpc) is 2.58. The van der Waals surface area contributed by atoms with E-state index in [0.29, 0.717) is 10.2 Å². The zero-order valence-corrected chi connectivity index (χ0v) is 16.0. The third-order valence-corrected chi connectivity index (χ3v) is 6.40. The molecule has 24 heavy (non-hydrogen) atoms. The van der Waals surface area contributed by atoms with Gasteiger partial charge < -0.3 is 4.90 Å². The number of anilines is 2. The van der Waals surface area contributed by atoms with Crippen molar-refractivity contribution in [3.63, 3.8) is 0 Å². The summed E-state index contributed by atoms with van der Waals surface area (Å²) in [7, 11) is -3.71. The highest BCUT2D eigenvalue weighted by Crippen LogP contribution is 2.26. The van der Waals surface area contributed by atoms with E-state index >= 15 is 0 Å². The number of pyridine rings is 1. The molecule has 1 N–H and O–H groups in total. The minimum Gasteiger partial charge on any atom is -0.372 e. The standard InChI is InChI=1S/C16H17BrClN3O2S/c17-15-10-14(11-19-16(15)18)24(22,23)20-12-4-6-13(7-5-12)21-8-2-1-3-9-21/h4-7,10-11,20H,1-3,8-9H2. The highest BCUT2D eigenvalue weighted by Gasteiger charge is 2.17. The lowest BCUT2D eigenvalue weighted by Gasteiger charge is -2.28. The predicted octanol–water partition coefficient (Wildman–Crippen LogP) is 4.29. The molecule has 1 saturated heterocycles. The summed E-state index contributed by atoms with van der Waals surface area (Å²) < 4.78 is 27.9. The molecular formula is C16H17BrClN3O2S. The van der Waals surface area contributed by atoms with E-state index in [4.69, 9.17) is 11.6 Å². The van der Waals surface area contributed by atoms with Crippen LogP contribution < -0.4 is 9.62 Å². The monoisotopic (exact) mass is 429 g/mol. The zero-order valence-electron chi connectivity index (χ0n) is 12.9. The van der Waals surface area contributed by atoms with Crippen LogP contribution in [0.15, 0.2) is 45.9 Å². The van der Waals surface area contributed by atoms with Crippen LogP contribution in [0.1, 0.15) is 19.3 Å². The quantitative estimate of drug-likeness (QED) is 0.735. The van der Waals surface area contributed by atoms with Crippen molar-refractivity contribution in [2.75, 3.05) is 22.7 Å². The van der Waals surface area contributed by atoms with Gasteiger partial charge in [0.25, 0.3) is 10.0 Å². The molecular weight excluding hydrogens is 414 g/mol. The fourth-order valence-corrected chi connectivity index (χ4v) is 4.29. The maximum atomic E-state index is 12.4. The lowest BCUT2D eigenvalue weighted by Crippen LogP contribution is -2.29. The minimum absolute atomic E-state index is 0.0545. The Balaban J connectivity index is 1.76. The first-order chi connectivity index (χ1) is 11.5. The van der Waals surface area contributed by atoms with Gasteiger partial charge in [-0.2, -0.15) is 0 Å². The van der Waals surface area contributed by atoms with Gasteiger partial charge in [0.1, 0.15) is 10.0 Å². The fraction of sp³-hybridized carbons (Fsp3) is 0.312. The van der Waals surface area contributed by atoms with Crippen LogP contribution in [0.3, 0.4) is 0 Å². The van der Waals surface area contributed by atoms with Gasteiger partial charge in [0.2, 0.25) is 0 Å². The lowest BCUT2D eigenvalue weighted by molar-refractivity contribution is 0.578. The maximum Gasteiger partial charge on any atom is 0.263 e. The third kappa shape index (κ3) is 4.02. The second-order valence-electron chi connectivity index (χ2n) is 5.64. The van der Waals surface area contributed by atoms with Crippen LogP contribution in [-0.2, 0) is 10.0 Å². The molecule has 2 aromatic rings. The van der Waals surface area contributed by atoms with Crippen molar-refractivity contribution in [3.05, 3.63) is 46.2 Å². The Bertz CT molecular complexity index is 822. The van der Waals surface area contributed by atoms with Crippen molar-refractivity contribution in [2.45, 2.75) is 24.2 Å². The van der Waals surface area contributed by atoms with E-state index in [1.165, 1.54) is 31.5 Å². The number of aromatic nitrogens is 1. The largest absolute Gasteiger partial charge is 0.372 e. The summed E-state index contributed by atoms with van der Waals surface area (Å²) in [6.45, 7) is 2.10. The predicted molar refractivity (Wildman–Crippen MR) is 100 cm³/mol. The number of piperidine rings is 1. The molecule has 5 nitrogen and oxygen atoms in total. The van der Waals surface area contributed by atoms with Crippen molar-refractivity contribution in [2.24, 2.45) is 0 Å². The smallest absolute Gasteiger partial charge is 0.263 e. The summed E-state index contributed by atoms with van der Waals surface area (Å²) in [6, 6.07) is 8.87. The van der Waals surface area contributed by atoms with E-state index in [9.17, 15) is 8.42 Å². The van der Waals surface area contributed by atoms with Gasteiger partial charge in [-0.1, -0.05) is 11.6 Å². The molecule has 0 aliphatic carbocycles. The first-order valence-corrected chi connectivity index (χ1v) is 10.3. The van der Waals surface area contributed by atoms with Crippen LogP contribution in [0.25, 0.3) is 0 Å². The first kappa shape index (κ1) is 17.5. The second-order valence-corrected chi connectivity index (χ2v) is 8.54. The summed E-state index contributed by atoms with van der Waals surface area (Å²) in [4.78, 5) is 6.23. The number of hydrogen-bond acceptors (Lipinski definition) is 4. The lowest BCUT2D eigenvalue weighted by atomic mass is 10.1. The molecule has 0 spiro atoms. The molecule has 8 heteroatoms. The maximum absolute atomic E-state index is 12.4. The average molecular weight is 431 g/mol. The highest BCUT2D eigenvalue weighted by molar-refractivity contribution is 9.10. The van der Waals surface area contributed by atoms with Gasteiger partial charge in [0.05, 0.1) is 4.47 Å². The molecule has 0 atom stereocenters. The fourth-order valence-electron chi connectivity index (χ4n) is 2.66. The van der Waals surface area contributed by atoms with Crippen LogP contribution in [0.2, 0.25) is 5.15 Å². The van der Waals surface area contributed by atoms with Crippen LogP contribution in [0, 0.1) is 0 Å². The number of nitrogens with zero attached hydrogens (tertiary/aromatic N) is 2. The Kier molecular flexibility index (Phi) is 5.32. The third-order valence-electron chi connectivity index (χ3n) is 3.92. The van der Waals surface area contributed by atoms with Crippen LogP contribution in [0.4, 0.5) is 11.4 Å². The Morgan fingerprint density at radius 2 is 1.79 bits per heavy atom. The molecule has 128 valence electrons. The number of halogens is 2. The topological polar surface area (TPSA) is 62.3 Å². The number of hydrogen-bond donors (Lipinski definition) is 1. The number of rotatable bonds is 4. The van der Waals surface area contributed by atoms with Crippen LogP contribution >= 0.6 is 27.5 Å². The van der Waals surface area contributed by atoms with Gasteiger partial charge in [0.15, 0.2) is 0 Å². The Labute approximate surface area is 155 Å². The molecule has 1 aromatic carbocycles. The number of nitrogens with one attached hydrogen (secondary N) is 1. The summed E-state index contributed by atoms with van der Waals surface area (Å²) in [6.07, 6.45) is 4.91. The van der Waals surface area contributed by atoms with Crippen LogP contribution in [0.5, 0.6) is 0 Å². The van der Waals surface area contributed by atoms with Gasteiger partial charge in [-0.15, -0.1) is 0 Å². The van der Waals surface area contributed by atoms with Gasteiger partial charge in [0, 0.05) is 30.7 Å². The minimum atomic E-state index is -3.71. The molecule has 1 aliphatic heterocycles. The molecule has 1 aliphatic rings. The zero-order chi connectivity index (χ0) is 17.2. The number of benzene rings is 1. The molecule has 0 saturated carbocycles. The summed E-state index contributed by atoms with van der Waals surface area (Å²) in [5.41, 5.74) is 1.63. The van der Waals surface area contributed by atoms with E-state index in [1.807, 2.05) is 12.1 Å². The van der Waals surface area contributed by atoms with Gasteiger partial charge in [-0.25, -0.2) is 13.4 Å². The van der Waals surface area contributed by atoms with Crippen molar-refractivity contribution < 1.29 is 8.42 Å². The molecule has 1 aromatic heterocycles. The second kappa shape index (κ2) is 7.29. The Morgan fingerprint density at radius 1 is 1.12 bits per heavy atom. The normalized spacial score (nSPS) is 15.3. The van der Waals surface area contributed by atoms with Crippen molar-refractivity contribution in [1.29, 1.82) is 0 Å². The molecule has 0 radical (unpaired) electrons. The Hall–Kier alpha value is -1.31. The van der Waals surface area contributed by atoms with E-state index in [0.717, 1.165) is 18.8 Å². The van der Waals surface area contributed by atoms with Gasteiger partial charge in [-0.3, -0.25) is 4.72 Å². The van der Waals surface area contributed by atoms with Crippen molar-refractivity contribution in [1.82, 2.24) is 4.98 Å². The number of sulfonamides is 1. The molecule has 2 heterocycles. The summed E-state index contributed by atoms with van der Waals surface area (Å²) in [5, 5.41) is 0.222.